The quantitative estimate of drug-likeness (QED) is 0.543. The molecule has 0 amide bonds. The van der Waals surface area contributed by atoms with Gasteiger partial charge in [-0.3, -0.25) is 9.36 Å². The molecule has 0 aromatic rings. The minimum atomic E-state index is -4.47. The Morgan fingerprint density at radius 2 is 1.93 bits per heavy atom. The van der Waals surface area contributed by atoms with Crippen LogP contribution in [-0.2, 0) is 14.1 Å². The lowest BCUT2D eigenvalue weighted by Gasteiger charge is -2.29. The molecule has 0 saturated heterocycles. The van der Waals surface area contributed by atoms with E-state index in [2.05, 4.69) is 4.74 Å². The largest absolute Gasteiger partial charge is 0.468 e. The number of ether oxygens (including phenoxy) is 1. The smallest absolute Gasteiger partial charge is 0.342 e. The van der Waals surface area contributed by atoms with Gasteiger partial charge in [0.25, 0.3) is 0 Å². The van der Waals surface area contributed by atoms with Crippen LogP contribution in [0.15, 0.2) is 0 Å². The van der Waals surface area contributed by atoms with Gasteiger partial charge in [0, 0.05) is 0 Å². The Kier molecular flexibility index (Phi) is 4.78. The van der Waals surface area contributed by atoms with Gasteiger partial charge in [-0.05, 0) is 12.8 Å². The number of esters is 1. The van der Waals surface area contributed by atoms with E-state index in [4.69, 9.17) is 0 Å². The number of hydrogen-bond donors (Lipinski definition) is 2. The van der Waals surface area contributed by atoms with Crippen molar-refractivity contribution in [3.63, 3.8) is 0 Å². The van der Waals surface area contributed by atoms with E-state index in [9.17, 15) is 19.1 Å². The Bertz CT molecular complexity index is 246. The summed E-state index contributed by atoms with van der Waals surface area (Å²) >= 11 is 0. The second-order valence-corrected chi connectivity index (χ2v) is 5.11. The average Bonchev–Trinajstić information content (AvgIpc) is 2.11. The number of methoxy groups -OCH3 is 1. The number of hydrogen-bond acceptors (Lipinski definition) is 3. The first-order chi connectivity index (χ1) is 6.35. The molecule has 0 aromatic heterocycles. The summed E-state index contributed by atoms with van der Waals surface area (Å²) in [4.78, 5) is 29.7. The van der Waals surface area contributed by atoms with Crippen LogP contribution in [0.1, 0.15) is 33.1 Å². The van der Waals surface area contributed by atoms with Crippen LogP contribution in [0.4, 0.5) is 0 Å². The summed E-state index contributed by atoms with van der Waals surface area (Å²) in [6.45, 7) is 3.34. The lowest BCUT2D eigenvalue weighted by atomic mass is 10.00. The highest BCUT2D eigenvalue weighted by atomic mass is 31.2. The van der Waals surface area contributed by atoms with Gasteiger partial charge in [0.15, 0.2) is 5.16 Å². The lowest BCUT2D eigenvalue weighted by molar-refractivity contribution is -0.144. The second kappa shape index (κ2) is 4.91. The number of carbonyl (C=O) groups is 1. The average molecular weight is 224 g/mol. The van der Waals surface area contributed by atoms with E-state index in [0.717, 1.165) is 7.11 Å². The molecule has 2 N–H and O–H groups in total. The molecular formula is C8H17O5P. The van der Waals surface area contributed by atoms with Crippen molar-refractivity contribution in [2.24, 2.45) is 0 Å². The molecule has 0 aromatic carbocycles. The first-order valence-electron chi connectivity index (χ1n) is 4.49. The van der Waals surface area contributed by atoms with E-state index < -0.39 is 18.7 Å². The Balaban J connectivity index is 5.19. The van der Waals surface area contributed by atoms with Crippen LogP contribution in [0.25, 0.3) is 0 Å². The zero-order valence-corrected chi connectivity index (χ0v) is 9.58. The molecule has 0 rings (SSSR count). The number of carbonyl (C=O) groups excluding carboxylic acids is 1. The second-order valence-electron chi connectivity index (χ2n) is 3.17. The van der Waals surface area contributed by atoms with Crippen molar-refractivity contribution < 1.29 is 23.9 Å². The van der Waals surface area contributed by atoms with Gasteiger partial charge in [0.05, 0.1) is 7.11 Å². The first-order valence-corrected chi connectivity index (χ1v) is 6.11. The summed E-state index contributed by atoms with van der Waals surface area (Å²) in [6.07, 6.45) is 0.742. The SMILES string of the molecule is CCCC(CC)(C(=O)OC)P(=O)(O)O. The third-order valence-electron chi connectivity index (χ3n) is 2.37. The summed E-state index contributed by atoms with van der Waals surface area (Å²) in [5.74, 6) is -0.824. The molecule has 1 atom stereocenters. The van der Waals surface area contributed by atoms with Gasteiger partial charge in [0.2, 0.25) is 0 Å². The molecule has 0 fully saturated rings. The molecule has 14 heavy (non-hydrogen) atoms. The van der Waals surface area contributed by atoms with Crippen molar-refractivity contribution in [2.45, 2.75) is 38.3 Å². The molecule has 6 heteroatoms. The third kappa shape index (κ3) is 2.35. The summed E-state index contributed by atoms with van der Waals surface area (Å²) < 4.78 is 15.7. The summed E-state index contributed by atoms with van der Waals surface area (Å²) in [5, 5.41) is -1.66. The Morgan fingerprint density at radius 3 is 2.14 bits per heavy atom. The number of rotatable bonds is 5. The first kappa shape index (κ1) is 13.6. The van der Waals surface area contributed by atoms with E-state index in [1.165, 1.54) is 0 Å². The molecule has 0 heterocycles. The fourth-order valence-corrected chi connectivity index (χ4v) is 2.75. The van der Waals surface area contributed by atoms with Crippen molar-refractivity contribution in [2.75, 3.05) is 7.11 Å². The van der Waals surface area contributed by atoms with Crippen LogP contribution < -0.4 is 0 Å². The van der Waals surface area contributed by atoms with Gasteiger partial charge >= 0.3 is 13.6 Å². The normalized spacial score (nSPS) is 16.1. The van der Waals surface area contributed by atoms with Gasteiger partial charge in [-0.2, -0.15) is 0 Å². The summed E-state index contributed by atoms with van der Waals surface area (Å²) in [5.41, 5.74) is 0. The van der Waals surface area contributed by atoms with Gasteiger partial charge < -0.3 is 14.5 Å². The highest BCUT2D eigenvalue weighted by molar-refractivity contribution is 7.54. The molecule has 0 aliphatic carbocycles. The van der Waals surface area contributed by atoms with Gasteiger partial charge in [-0.15, -0.1) is 0 Å². The minimum absolute atomic E-state index is 0.0811. The molecule has 0 aliphatic rings. The fraction of sp³-hybridized carbons (Fsp3) is 0.875. The van der Waals surface area contributed by atoms with Crippen molar-refractivity contribution in [3.8, 4) is 0 Å². The van der Waals surface area contributed by atoms with Crippen LogP contribution in [0.3, 0.4) is 0 Å². The molecule has 0 aliphatic heterocycles. The van der Waals surface area contributed by atoms with Crippen molar-refractivity contribution in [1.82, 2.24) is 0 Å². The molecule has 5 nitrogen and oxygen atoms in total. The Hall–Kier alpha value is -0.380. The Labute approximate surface area is 83.6 Å². The maximum atomic E-state index is 11.4. The summed E-state index contributed by atoms with van der Waals surface area (Å²) in [6, 6.07) is 0. The monoisotopic (exact) mass is 224 g/mol. The molecule has 84 valence electrons. The van der Waals surface area contributed by atoms with Gasteiger partial charge in [-0.25, -0.2) is 0 Å². The maximum Gasteiger partial charge on any atom is 0.342 e. The Morgan fingerprint density at radius 1 is 1.43 bits per heavy atom. The third-order valence-corrected chi connectivity index (χ3v) is 4.21. The van der Waals surface area contributed by atoms with E-state index in [-0.39, 0.29) is 12.8 Å². The molecule has 0 spiro atoms. The lowest BCUT2D eigenvalue weighted by Crippen LogP contribution is -2.38. The van der Waals surface area contributed by atoms with Crippen LogP contribution in [-0.4, -0.2) is 28.0 Å². The van der Waals surface area contributed by atoms with E-state index in [0.29, 0.717) is 6.42 Å². The van der Waals surface area contributed by atoms with Crippen LogP contribution in [0, 0.1) is 0 Å². The highest BCUT2D eigenvalue weighted by Crippen LogP contribution is 2.55. The molecule has 1 unspecified atom stereocenters. The predicted molar refractivity (Wildman–Crippen MR) is 52.0 cm³/mol. The van der Waals surface area contributed by atoms with Crippen molar-refractivity contribution in [3.05, 3.63) is 0 Å². The van der Waals surface area contributed by atoms with Crippen LogP contribution in [0.5, 0.6) is 0 Å². The standard InChI is InChI=1S/C8H17O5P/c1-4-6-8(5-2,7(9)13-3)14(10,11)12/h4-6H2,1-3H3,(H2,10,11,12). The molecule has 0 bridgehead atoms. The van der Waals surface area contributed by atoms with E-state index in [1.807, 2.05) is 0 Å². The van der Waals surface area contributed by atoms with Crippen LogP contribution in [0.2, 0.25) is 0 Å². The predicted octanol–water partition coefficient (Wildman–Crippen LogP) is 1.29. The summed E-state index contributed by atoms with van der Waals surface area (Å²) in [7, 11) is -3.33. The topological polar surface area (TPSA) is 83.8 Å². The van der Waals surface area contributed by atoms with Crippen molar-refractivity contribution in [1.29, 1.82) is 0 Å². The van der Waals surface area contributed by atoms with Gasteiger partial charge in [0.1, 0.15) is 0 Å². The zero-order chi connectivity index (χ0) is 11.4. The maximum absolute atomic E-state index is 11.4. The fourth-order valence-electron chi connectivity index (χ4n) is 1.50. The minimum Gasteiger partial charge on any atom is -0.468 e. The van der Waals surface area contributed by atoms with Gasteiger partial charge in [-0.1, -0.05) is 20.3 Å². The van der Waals surface area contributed by atoms with E-state index >= 15 is 0 Å². The van der Waals surface area contributed by atoms with E-state index in [1.54, 1.807) is 13.8 Å². The van der Waals surface area contributed by atoms with Crippen molar-refractivity contribution >= 4 is 13.6 Å². The zero-order valence-electron chi connectivity index (χ0n) is 8.69. The molecule has 0 radical (unpaired) electrons. The van der Waals surface area contributed by atoms with Crippen LogP contribution >= 0.6 is 7.60 Å². The molecule has 0 saturated carbocycles. The molecular weight excluding hydrogens is 207 g/mol. The highest BCUT2D eigenvalue weighted by Gasteiger charge is 2.52.